The highest BCUT2D eigenvalue weighted by atomic mass is 16.6. The smallest absolute Gasteiger partial charge is 0.325 e. The molecule has 0 bridgehead atoms. The molecule has 6 unspecified atom stereocenters. The van der Waals surface area contributed by atoms with Crippen molar-refractivity contribution < 1.29 is 33.2 Å². The number of anilines is 1. The largest absolute Gasteiger partial charge is 0.497 e. The molecule has 3 aliphatic rings. The number of hydrogen-bond donors (Lipinski definition) is 1. The standard InChI is InChI=1S/C26H37NO7/c1-16(2)7-10-21-25(3,34-21)24-23(31-6)19(11-12-26(24)15-32-26)33-22(28)14-27-18-9-8-17(29-4)13-20(18)30-5/h7-9,13,19,21,23-24,27H,10-12,14-15H2,1-6H3. The fourth-order valence-corrected chi connectivity index (χ4v) is 5.39. The van der Waals surface area contributed by atoms with Gasteiger partial charge in [-0.1, -0.05) is 11.6 Å². The van der Waals surface area contributed by atoms with Crippen molar-refractivity contribution in [3.05, 3.63) is 29.8 Å². The van der Waals surface area contributed by atoms with Crippen molar-refractivity contribution in [2.75, 3.05) is 39.8 Å². The quantitative estimate of drug-likeness (QED) is 0.311. The number of allylic oxidation sites excluding steroid dienone is 1. The van der Waals surface area contributed by atoms with Crippen molar-refractivity contribution in [2.24, 2.45) is 5.92 Å². The molecule has 2 aliphatic heterocycles. The van der Waals surface area contributed by atoms with E-state index < -0.39 is 0 Å². The molecule has 1 aromatic carbocycles. The summed E-state index contributed by atoms with van der Waals surface area (Å²) in [6.45, 7) is 7.03. The van der Waals surface area contributed by atoms with E-state index in [0.29, 0.717) is 30.2 Å². The Morgan fingerprint density at radius 1 is 1.24 bits per heavy atom. The van der Waals surface area contributed by atoms with Gasteiger partial charge in [0.2, 0.25) is 0 Å². The van der Waals surface area contributed by atoms with Crippen molar-refractivity contribution in [3.8, 4) is 11.5 Å². The second-order valence-electron chi connectivity index (χ2n) is 9.83. The lowest BCUT2D eigenvalue weighted by Gasteiger charge is -2.42. The fourth-order valence-electron chi connectivity index (χ4n) is 5.39. The third-order valence-corrected chi connectivity index (χ3v) is 7.35. The topological polar surface area (TPSA) is 91.1 Å². The Balaban J connectivity index is 1.40. The summed E-state index contributed by atoms with van der Waals surface area (Å²) in [6.07, 6.45) is 4.05. The number of ether oxygens (including phenoxy) is 6. The lowest BCUT2D eigenvalue weighted by Crippen LogP contribution is -2.55. The van der Waals surface area contributed by atoms with E-state index in [1.54, 1.807) is 33.5 Å². The van der Waals surface area contributed by atoms with Crippen LogP contribution in [-0.2, 0) is 23.7 Å². The maximum absolute atomic E-state index is 12.8. The predicted octanol–water partition coefficient (Wildman–Crippen LogP) is 3.74. The predicted molar refractivity (Wildman–Crippen MR) is 127 cm³/mol. The molecule has 0 radical (unpaired) electrons. The number of rotatable bonds is 10. The van der Waals surface area contributed by atoms with Crippen LogP contribution in [0.25, 0.3) is 0 Å². The molecule has 4 rings (SSSR count). The molecule has 0 amide bonds. The van der Waals surface area contributed by atoms with Crippen LogP contribution in [0.15, 0.2) is 29.8 Å². The van der Waals surface area contributed by atoms with Gasteiger partial charge in [-0.25, -0.2) is 0 Å². The first kappa shape index (κ1) is 24.8. The van der Waals surface area contributed by atoms with Crippen LogP contribution in [0.5, 0.6) is 11.5 Å². The zero-order valence-corrected chi connectivity index (χ0v) is 21.0. The highest BCUT2D eigenvalue weighted by molar-refractivity contribution is 5.76. The van der Waals surface area contributed by atoms with Gasteiger partial charge in [-0.15, -0.1) is 0 Å². The number of esters is 1. The van der Waals surface area contributed by atoms with E-state index in [0.717, 1.165) is 12.8 Å². The lowest BCUT2D eigenvalue weighted by atomic mass is 9.68. The van der Waals surface area contributed by atoms with Gasteiger partial charge >= 0.3 is 5.97 Å². The number of methoxy groups -OCH3 is 3. The van der Waals surface area contributed by atoms with Gasteiger partial charge in [0.05, 0.1) is 38.5 Å². The van der Waals surface area contributed by atoms with Crippen LogP contribution in [0, 0.1) is 5.92 Å². The molecule has 8 heteroatoms. The summed E-state index contributed by atoms with van der Waals surface area (Å²) in [5, 5.41) is 3.10. The first-order valence-electron chi connectivity index (χ1n) is 11.9. The van der Waals surface area contributed by atoms with Gasteiger partial charge in [-0.2, -0.15) is 0 Å². The molecule has 2 saturated heterocycles. The van der Waals surface area contributed by atoms with Gasteiger partial charge in [0, 0.05) is 13.2 Å². The molecule has 6 atom stereocenters. The Kier molecular flexibility index (Phi) is 7.12. The molecular formula is C26H37NO7. The molecule has 1 aromatic rings. The molecule has 0 aromatic heterocycles. The molecule has 8 nitrogen and oxygen atoms in total. The van der Waals surface area contributed by atoms with Gasteiger partial charge in [0.25, 0.3) is 0 Å². The number of hydrogen-bond acceptors (Lipinski definition) is 8. The number of epoxide rings is 2. The van der Waals surface area contributed by atoms with Crippen LogP contribution < -0.4 is 14.8 Å². The minimum atomic E-state index is -0.359. The van der Waals surface area contributed by atoms with E-state index in [-0.39, 0.29) is 47.9 Å². The number of nitrogens with one attached hydrogen (secondary N) is 1. The molecule has 1 N–H and O–H groups in total. The second kappa shape index (κ2) is 9.76. The minimum absolute atomic E-state index is 0.00162. The van der Waals surface area contributed by atoms with Crippen LogP contribution in [0.4, 0.5) is 5.69 Å². The van der Waals surface area contributed by atoms with Gasteiger partial charge in [-0.05, 0) is 52.2 Å². The molecule has 2 heterocycles. The lowest BCUT2D eigenvalue weighted by molar-refractivity contribution is -0.170. The molecule has 1 saturated carbocycles. The van der Waals surface area contributed by atoms with Crippen LogP contribution in [0.2, 0.25) is 0 Å². The number of carbonyl (C=O) groups is 1. The van der Waals surface area contributed by atoms with E-state index in [1.165, 1.54) is 5.57 Å². The summed E-state index contributed by atoms with van der Waals surface area (Å²) in [7, 11) is 4.85. The minimum Gasteiger partial charge on any atom is -0.497 e. The van der Waals surface area contributed by atoms with Crippen LogP contribution in [-0.4, -0.2) is 70.0 Å². The molecule has 3 fully saturated rings. The van der Waals surface area contributed by atoms with Gasteiger partial charge < -0.3 is 33.7 Å². The molecule has 1 aliphatic carbocycles. The Labute approximate surface area is 201 Å². The molecule has 188 valence electrons. The van der Waals surface area contributed by atoms with E-state index in [9.17, 15) is 4.79 Å². The molecule has 34 heavy (non-hydrogen) atoms. The van der Waals surface area contributed by atoms with Crippen molar-refractivity contribution in [1.82, 2.24) is 0 Å². The second-order valence-corrected chi connectivity index (χ2v) is 9.83. The Morgan fingerprint density at radius 3 is 2.62 bits per heavy atom. The van der Waals surface area contributed by atoms with Gasteiger partial charge in [-0.3, -0.25) is 4.79 Å². The highest BCUT2D eigenvalue weighted by Crippen LogP contribution is 2.59. The van der Waals surface area contributed by atoms with Crippen molar-refractivity contribution >= 4 is 11.7 Å². The summed E-state index contributed by atoms with van der Waals surface area (Å²) < 4.78 is 34.7. The van der Waals surface area contributed by atoms with E-state index >= 15 is 0 Å². The highest BCUT2D eigenvalue weighted by Gasteiger charge is 2.72. The third-order valence-electron chi connectivity index (χ3n) is 7.35. The summed E-state index contributed by atoms with van der Waals surface area (Å²) in [5.41, 5.74) is 1.36. The van der Waals surface area contributed by atoms with Crippen molar-refractivity contribution in [3.63, 3.8) is 0 Å². The maximum Gasteiger partial charge on any atom is 0.325 e. The summed E-state index contributed by atoms with van der Waals surface area (Å²) in [6, 6.07) is 5.38. The van der Waals surface area contributed by atoms with Crippen molar-refractivity contribution in [1.29, 1.82) is 0 Å². The number of carbonyl (C=O) groups excluding carboxylic acids is 1. The Hall–Kier alpha value is -2.29. The molecule has 1 spiro atoms. The first-order chi connectivity index (χ1) is 16.3. The van der Waals surface area contributed by atoms with Crippen molar-refractivity contribution in [2.45, 2.75) is 69.5 Å². The van der Waals surface area contributed by atoms with E-state index in [2.05, 4.69) is 32.2 Å². The normalized spacial score (nSPS) is 33.7. The first-order valence-corrected chi connectivity index (χ1v) is 11.9. The van der Waals surface area contributed by atoms with E-state index in [4.69, 9.17) is 28.4 Å². The zero-order valence-electron chi connectivity index (χ0n) is 21.0. The summed E-state index contributed by atoms with van der Waals surface area (Å²) in [5.74, 6) is 0.922. The Morgan fingerprint density at radius 2 is 2.00 bits per heavy atom. The van der Waals surface area contributed by atoms with Crippen LogP contribution >= 0.6 is 0 Å². The van der Waals surface area contributed by atoms with Crippen LogP contribution in [0.1, 0.15) is 40.0 Å². The zero-order chi connectivity index (χ0) is 24.5. The average Bonchev–Trinajstić information content (AvgIpc) is 3.74. The van der Waals surface area contributed by atoms with Crippen LogP contribution in [0.3, 0.4) is 0 Å². The fraction of sp³-hybridized carbons (Fsp3) is 0.654. The third kappa shape index (κ3) is 4.90. The van der Waals surface area contributed by atoms with Gasteiger partial charge in [0.15, 0.2) is 0 Å². The summed E-state index contributed by atoms with van der Waals surface area (Å²) in [4.78, 5) is 12.8. The maximum atomic E-state index is 12.8. The van der Waals surface area contributed by atoms with E-state index in [1.807, 2.05) is 6.07 Å². The molecular weight excluding hydrogens is 438 g/mol. The average molecular weight is 476 g/mol. The number of benzene rings is 1. The SMILES string of the molecule is COc1ccc(NCC(=O)OC2CCC3(CO3)C(C3(C)OC3CC=C(C)C)C2OC)c(OC)c1. The Bertz CT molecular complexity index is 924. The monoisotopic (exact) mass is 475 g/mol. The summed E-state index contributed by atoms with van der Waals surface area (Å²) >= 11 is 0. The van der Waals surface area contributed by atoms with Gasteiger partial charge in [0.1, 0.15) is 41.5 Å².